The average molecular weight is 588 g/mol. The first kappa shape index (κ1) is 30.3. The molecule has 2 aromatic carbocycles. The van der Waals surface area contributed by atoms with Gasteiger partial charge in [-0.15, -0.1) is 11.3 Å². The molecule has 0 spiro atoms. The summed E-state index contributed by atoms with van der Waals surface area (Å²) in [4.78, 5) is 27.7. The fourth-order valence-corrected chi connectivity index (χ4v) is 7.54. The summed E-state index contributed by atoms with van der Waals surface area (Å²) in [6.45, 7) is 5.60. The Morgan fingerprint density at radius 2 is 1.82 bits per heavy atom. The molecule has 40 heavy (non-hydrogen) atoms. The summed E-state index contributed by atoms with van der Waals surface area (Å²) < 4.78 is 31.8. The van der Waals surface area contributed by atoms with Crippen molar-refractivity contribution in [3.05, 3.63) is 46.9 Å². The molecule has 1 atom stereocenters. The van der Waals surface area contributed by atoms with E-state index in [1.807, 2.05) is 39.0 Å². The van der Waals surface area contributed by atoms with Gasteiger partial charge in [0.2, 0.25) is 0 Å². The van der Waals surface area contributed by atoms with Gasteiger partial charge in [-0.3, -0.25) is 9.59 Å². The summed E-state index contributed by atoms with van der Waals surface area (Å²) in [7, 11) is -1.51. The van der Waals surface area contributed by atoms with Crippen LogP contribution in [0.2, 0.25) is 0 Å². The topological polar surface area (TPSA) is 108 Å². The van der Waals surface area contributed by atoms with Crippen molar-refractivity contribution in [2.24, 2.45) is 5.92 Å². The van der Waals surface area contributed by atoms with Crippen molar-refractivity contribution in [3.63, 3.8) is 0 Å². The van der Waals surface area contributed by atoms with Crippen LogP contribution in [0.1, 0.15) is 87.6 Å². The van der Waals surface area contributed by atoms with Crippen LogP contribution in [0.15, 0.2) is 35.2 Å². The Bertz CT molecular complexity index is 1380. The smallest absolute Gasteiger partial charge is 0.290 e. The summed E-state index contributed by atoms with van der Waals surface area (Å²) in [5, 5.41) is 11.5. The third-order valence-electron chi connectivity index (χ3n) is 7.33. The fourth-order valence-electron chi connectivity index (χ4n) is 5.28. The zero-order valence-electron chi connectivity index (χ0n) is 23.3. The number of halogens is 1. The monoisotopic (exact) mass is 587 g/mol. The number of carbonyl (C=O) groups is 2. The summed E-state index contributed by atoms with van der Waals surface area (Å²) in [5.74, 6) is 0.0262. The maximum atomic E-state index is 15.5. The van der Waals surface area contributed by atoms with Gasteiger partial charge in [-0.05, 0) is 64.5 Å². The van der Waals surface area contributed by atoms with Gasteiger partial charge in [0.15, 0.2) is 5.01 Å². The number of carbonyl (C=O) groups excluding carboxylic acids is 1. The van der Waals surface area contributed by atoms with Gasteiger partial charge in [-0.25, -0.2) is 18.3 Å². The molecule has 1 unspecified atom stereocenters. The molecule has 2 saturated carbocycles. The Kier molecular flexibility index (Phi) is 10.1. The van der Waals surface area contributed by atoms with Crippen LogP contribution in [0, 0.1) is 11.7 Å². The van der Waals surface area contributed by atoms with Crippen LogP contribution < -0.4 is 10.0 Å². The van der Waals surface area contributed by atoms with Gasteiger partial charge >= 0.3 is 0 Å². The van der Waals surface area contributed by atoms with E-state index in [0.29, 0.717) is 26.6 Å². The van der Waals surface area contributed by atoms with E-state index in [1.54, 1.807) is 6.07 Å². The van der Waals surface area contributed by atoms with E-state index in [-0.39, 0.29) is 29.8 Å². The maximum Gasteiger partial charge on any atom is 0.290 e. The zero-order chi connectivity index (χ0) is 28.9. The number of thiazole rings is 1. The molecule has 0 aliphatic heterocycles. The molecule has 0 bridgehead atoms. The largest absolute Gasteiger partial charge is 0.483 e. The van der Waals surface area contributed by atoms with Crippen molar-refractivity contribution >= 4 is 45.5 Å². The number of aromatic nitrogens is 1. The number of hydrogen-bond donors (Lipinski definition) is 3. The van der Waals surface area contributed by atoms with Crippen LogP contribution >= 0.6 is 11.3 Å². The van der Waals surface area contributed by atoms with Gasteiger partial charge in [0.1, 0.15) is 16.8 Å². The molecule has 10 heteroatoms. The second-order valence-electron chi connectivity index (χ2n) is 11.6. The molecule has 1 aromatic heterocycles. The number of amides is 1. The van der Waals surface area contributed by atoms with E-state index in [9.17, 15) is 9.00 Å². The van der Waals surface area contributed by atoms with Crippen molar-refractivity contribution < 1.29 is 23.3 Å². The van der Waals surface area contributed by atoms with Gasteiger partial charge in [-0.1, -0.05) is 50.3 Å². The highest BCUT2D eigenvalue weighted by Gasteiger charge is 2.27. The molecule has 2 aliphatic rings. The first-order valence-electron chi connectivity index (χ1n) is 13.9. The molecule has 0 saturated heterocycles. The molecule has 1 heterocycles. The Morgan fingerprint density at radius 1 is 1.12 bits per heavy atom. The lowest BCUT2D eigenvalue weighted by Crippen LogP contribution is -2.39. The minimum absolute atomic E-state index is 0.136. The molecule has 2 fully saturated rings. The summed E-state index contributed by atoms with van der Waals surface area (Å²) in [6, 6.07) is 8.84. The standard InChI is InChI=1S/C29H36FN3O2S2.CH2O2/c1-29(2,3)33-37(35)24-16-15-21(25-20(24)13-8-14-22(25)30)26-23(17-18-9-5-4-6-10-18)32-28(36-26)27(34)31-19-11-7-12-19;2-1-3/h8,13-16,18-19,33H,4-7,9-12,17H2,1-3H3,(H,31,34);1H,(H,2,3). The van der Waals surface area contributed by atoms with E-state index in [1.165, 1.54) is 36.7 Å². The van der Waals surface area contributed by atoms with Crippen LogP contribution in [0.4, 0.5) is 4.39 Å². The molecular formula is C30H38FN3O4S2. The van der Waals surface area contributed by atoms with Crippen molar-refractivity contribution in [2.75, 3.05) is 0 Å². The Morgan fingerprint density at radius 3 is 2.45 bits per heavy atom. The molecule has 3 aromatic rings. The molecule has 0 radical (unpaired) electrons. The summed E-state index contributed by atoms with van der Waals surface area (Å²) in [5.41, 5.74) is 1.23. The van der Waals surface area contributed by atoms with Gasteiger partial charge in [-0.2, -0.15) is 0 Å². The van der Waals surface area contributed by atoms with Crippen molar-refractivity contribution in [3.8, 4) is 10.4 Å². The van der Waals surface area contributed by atoms with Crippen LogP contribution in [-0.2, 0) is 22.2 Å². The van der Waals surface area contributed by atoms with Crippen molar-refractivity contribution in [1.82, 2.24) is 15.0 Å². The average Bonchev–Trinajstić information content (AvgIpc) is 3.29. The highest BCUT2D eigenvalue weighted by Crippen LogP contribution is 2.40. The molecule has 7 nitrogen and oxygen atoms in total. The van der Waals surface area contributed by atoms with Gasteiger partial charge in [0, 0.05) is 27.9 Å². The second kappa shape index (κ2) is 13.3. The minimum atomic E-state index is -1.51. The van der Waals surface area contributed by atoms with E-state index < -0.39 is 11.0 Å². The number of nitrogens with one attached hydrogen (secondary N) is 2. The van der Waals surface area contributed by atoms with E-state index in [0.717, 1.165) is 54.7 Å². The maximum absolute atomic E-state index is 15.5. The lowest BCUT2D eigenvalue weighted by molar-refractivity contribution is -0.122. The predicted octanol–water partition coefficient (Wildman–Crippen LogP) is 6.62. The molecular weight excluding hydrogens is 549 g/mol. The quantitative estimate of drug-likeness (QED) is 0.269. The Balaban J connectivity index is 0.00000118. The third kappa shape index (κ3) is 7.33. The molecule has 2 aliphatic carbocycles. The highest BCUT2D eigenvalue weighted by molar-refractivity contribution is 7.83. The van der Waals surface area contributed by atoms with E-state index >= 15 is 4.39 Å². The second-order valence-corrected chi connectivity index (χ2v) is 13.8. The number of nitrogens with zero attached hydrogens (tertiary/aromatic N) is 1. The molecule has 1 amide bonds. The van der Waals surface area contributed by atoms with Crippen LogP contribution in [0.25, 0.3) is 21.2 Å². The Labute approximate surface area is 241 Å². The lowest BCUT2D eigenvalue weighted by atomic mass is 9.85. The van der Waals surface area contributed by atoms with E-state index in [4.69, 9.17) is 14.9 Å². The zero-order valence-corrected chi connectivity index (χ0v) is 24.9. The van der Waals surface area contributed by atoms with Gasteiger partial charge < -0.3 is 10.4 Å². The first-order chi connectivity index (χ1) is 19.1. The minimum Gasteiger partial charge on any atom is -0.483 e. The number of fused-ring (bicyclic) bond motifs is 1. The number of benzene rings is 2. The normalized spacial score (nSPS) is 17.0. The number of rotatable bonds is 7. The first-order valence-corrected chi connectivity index (χ1v) is 15.9. The van der Waals surface area contributed by atoms with Crippen LogP contribution in [0.3, 0.4) is 0 Å². The molecule has 5 rings (SSSR count). The van der Waals surface area contributed by atoms with Gasteiger partial charge in [0.05, 0.1) is 15.5 Å². The van der Waals surface area contributed by atoms with Crippen LogP contribution in [-0.4, -0.2) is 38.3 Å². The predicted molar refractivity (Wildman–Crippen MR) is 158 cm³/mol. The molecule has 3 N–H and O–H groups in total. The summed E-state index contributed by atoms with van der Waals surface area (Å²) in [6.07, 6.45) is 9.98. The van der Waals surface area contributed by atoms with Crippen molar-refractivity contribution in [2.45, 2.75) is 95.0 Å². The lowest BCUT2D eigenvalue weighted by Gasteiger charge is -2.25. The van der Waals surface area contributed by atoms with E-state index in [2.05, 4.69) is 10.0 Å². The number of hydrogen-bond acceptors (Lipinski definition) is 5. The SMILES string of the molecule is CC(C)(C)NS(=O)c1ccc(-c2sc(C(=O)NC3CCC3)nc2CC2CCCCC2)c2c(F)cccc12.O=CO. The van der Waals surface area contributed by atoms with Crippen molar-refractivity contribution in [1.29, 1.82) is 0 Å². The third-order valence-corrected chi connectivity index (χ3v) is 10.0. The summed E-state index contributed by atoms with van der Waals surface area (Å²) >= 11 is 1.35. The number of carboxylic acid groups (broad SMARTS) is 1. The van der Waals surface area contributed by atoms with Gasteiger partial charge in [0.25, 0.3) is 12.4 Å². The molecule has 216 valence electrons. The van der Waals surface area contributed by atoms with Crippen LogP contribution in [0.5, 0.6) is 0 Å². The highest BCUT2D eigenvalue weighted by atomic mass is 32.2. The Hall–Kier alpha value is -2.69. The fraction of sp³-hybridized carbons (Fsp3) is 0.500.